The minimum absolute atomic E-state index is 0.0933. The highest BCUT2D eigenvalue weighted by Gasteiger charge is 2.18. The molecule has 0 bridgehead atoms. The Bertz CT molecular complexity index is 860. The molecule has 0 heterocycles. The number of aryl methyl sites for hydroxylation is 1. The zero-order chi connectivity index (χ0) is 17.2. The number of hydrogen-bond donors (Lipinski definition) is 2. The number of ether oxygens (including phenoxy) is 1. The van der Waals surface area contributed by atoms with E-state index in [1.807, 2.05) is 26.0 Å². The Labute approximate surface area is 135 Å². The van der Waals surface area contributed by atoms with Gasteiger partial charge in [-0.1, -0.05) is 12.1 Å². The van der Waals surface area contributed by atoms with Gasteiger partial charge in [-0.15, -0.1) is 0 Å². The van der Waals surface area contributed by atoms with Gasteiger partial charge in [-0.2, -0.15) is 0 Å². The molecule has 0 atom stereocenters. The van der Waals surface area contributed by atoms with Gasteiger partial charge in [-0.05, 0) is 49.2 Å². The van der Waals surface area contributed by atoms with E-state index in [0.29, 0.717) is 5.69 Å². The van der Waals surface area contributed by atoms with Crippen molar-refractivity contribution in [2.75, 3.05) is 12.4 Å². The van der Waals surface area contributed by atoms with Gasteiger partial charge in [0.1, 0.15) is 10.6 Å². The molecule has 0 aliphatic heterocycles. The number of anilines is 1. The zero-order valence-electron chi connectivity index (χ0n) is 13.1. The molecule has 0 fully saturated rings. The lowest BCUT2D eigenvalue weighted by Gasteiger charge is -2.12. The number of amides is 1. The van der Waals surface area contributed by atoms with Gasteiger partial charge in [-0.3, -0.25) is 4.79 Å². The summed E-state index contributed by atoms with van der Waals surface area (Å²) < 4.78 is 28.2. The van der Waals surface area contributed by atoms with E-state index in [1.165, 1.54) is 25.3 Å². The molecule has 2 rings (SSSR count). The normalized spacial score (nSPS) is 11.1. The van der Waals surface area contributed by atoms with Crippen molar-refractivity contribution < 1.29 is 17.9 Å². The summed E-state index contributed by atoms with van der Waals surface area (Å²) in [5.41, 5.74) is 2.84. The standard InChI is InChI=1S/C16H18N2O4S/c1-10-5-4-6-13(11(10)2)18-16(19)12-7-8-14(22-3)15(9-12)23(17,20)21/h4-9H,1-3H3,(H,18,19)(H2,17,20,21). The Kier molecular flexibility index (Phi) is 4.72. The molecular weight excluding hydrogens is 316 g/mol. The van der Waals surface area contributed by atoms with Gasteiger partial charge in [0.05, 0.1) is 7.11 Å². The summed E-state index contributed by atoms with van der Waals surface area (Å²) >= 11 is 0. The minimum Gasteiger partial charge on any atom is -0.495 e. The number of rotatable bonds is 4. The van der Waals surface area contributed by atoms with Crippen molar-refractivity contribution in [2.45, 2.75) is 18.7 Å². The van der Waals surface area contributed by atoms with Crippen LogP contribution in [0.3, 0.4) is 0 Å². The van der Waals surface area contributed by atoms with Crippen LogP contribution in [0.5, 0.6) is 5.75 Å². The number of nitrogens with two attached hydrogens (primary N) is 1. The molecule has 7 heteroatoms. The van der Waals surface area contributed by atoms with Gasteiger partial charge in [0.15, 0.2) is 0 Å². The highest BCUT2D eigenvalue weighted by molar-refractivity contribution is 7.89. The second-order valence-electron chi connectivity index (χ2n) is 5.11. The third kappa shape index (κ3) is 3.69. The number of carbonyl (C=O) groups excluding carboxylic acids is 1. The molecule has 0 aliphatic carbocycles. The lowest BCUT2D eigenvalue weighted by molar-refractivity contribution is 0.102. The van der Waals surface area contributed by atoms with E-state index in [-0.39, 0.29) is 16.2 Å². The molecule has 0 spiro atoms. The maximum Gasteiger partial charge on any atom is 0.255 e. The van der Waals surface area contributed by atoms with Crippen LogP contribution in [-0.2, 0) is 10.0 Å². The average molecular weight is 334 g/mol. The Morgan fingerprint density at radius 2 is 1.87 bits per heavy atom. The zero-order valence-corrected chi connectivity index (χ0v) is 13.9. The van der Waals surface area contributed by atoms with Gasteiger partial charge >= 0.3 is 0 Å². The smallest absolute Gasteiger partial charge is 0.255 e. The Hall–Kier alpha value is -2.38. The molecule has 0 unspecified atom stereocenters. The Morgan fingerprint density at radius 3 is 2.48 bits per heavy atom. The first-order valence-corrected chi connectivity index (χ1v) is 8.37. The van der Waals surface area contributed by atoms with Crippen LogP contribution in [0.15, 0.2) is 41.3 Å². The van der Waals surface area contributed by atoms with E-state index in [1.54, 1.807) is 6.07 Å². The molecule has 1 amide bonds. The van der Waals surface area contributed by atoms with E-state index < -0.39 is 15.9 Å². The monoisotopic (exact) mass is 334 g/mol. The number of carbonyl (C=O) groups is 1. The number of primary sulfonamides is 1. The number of methoxy groups -OCH3 is 1. The van der Waals surface area contributed by atoms with Gasteiger partial charge in [-0.25, -0.2) is 13.6 Å². The Balaban J connectivity index is 2.39. The van der Waals surface area contributed by atoms with E-state index in [9.17, 15) is 13.2 Å². The largest absolute Gasteiger partial charge is 0.495 e. The summed E-state index contributed by atoms with van der Waals surface area (Å²) in [6.45, 7) is 3.84. The molecular formula is C16H18N2O4S. The fourth-order valence-electron chi connectivity index (χ4n) is 2.12. The maximum absolute atomic E-state index is 12.4. The van der Waals surface area contributed by atoms with Crippen LogP contribution in [0.25, 0.3) is 0 Å². The molecule has 122 valence electrons. The van der Waals surface area contributed by atoms with Crippen LogP contribution in [0.2, 0.25) is 0 Å². The van der Waals surface area contributed by atoms with E-state index in [2.05, 4.69) is 5.32 Å². The number of hydrogen-bond acceptors (Lipinski definition) is 4. The van der Waals surface area contributed by atoms with Crippen LogP contribution in [0.1, 0.15) is 21.5 Å². The van der Waals surface area contributed by atoms with Crippen molar-refractivity contribution in [3.05, 3.63) is 53.1 Å². The van der Waals surface area contributed by atoms with Crippen molar-refractivity contribution in [1.29, 1.82) is 0 Å². The van der Waals surface area contributed by atoms with Crippen molar-refractivity contribution in [2.24, 2.45) is 5.14 Å². The first-order chi connectivity index (χ1) is 10.7. The topological polar surface area (TPSA) is 98.5 Å². The average Bonchev–Trinajstić information content (AvgIpc) is 2.50. The second kappa shape index (κ2) is 6.39. The first kappa shape index (κ1) is 17.0. The number of nitrogens with one attached hydrogen (secondary N) is 1. The minimum atomic E-state index is -3.99. The lowest BCUT2D eigenvalue weighted by atomic mass is 10.1. The summed E-state index contributed by atoms with van der Waals surface area (Å²) in [6.07, 6.45) is 0. The summed E-state index contributed by atoms with van der Waals surface area (Å²) in [7, 11) is -2.66. The number of benzene rings is 2. The van der Waals surface area contributed by atoms with Crippen LogP contribution >= 0.6 is 0 Å². The second-order valence-corrected chi connectivity index (χ2v) is 6.64. The molecule has 0 aromatic heterocycles. The van der Waals surface area contributed by atoms with Gasteiger partial charge in [0.2, 0.25) is 10.0 Å². The summed E-state index contributed by atoms with van der Waals surface area (Å²) in [6, 6.07) is 9.64. The quantitative estimate of drug-likeness (QED) is 0.895. The van der Waals surface area contributed by atoms with E-state index in [4.69, 9.17) is 9.88 Å². The van der Waals surface area contributed by atoms with Gasteiger partial charge < -0.3 is 10.1 Å². The Morgan fingerprint density at radius 1 is 1.17 bits per heavy atom. The SMILES string of the molecule is COc1ccc(C(=O)Nc2cccc(C)c2C)cc1S(N)(=O)=O. The first-order valence-electron chi connectivity index (χ1n) is 6.82. The van der Waals surface area contributed by atoms with E-state index >= 15 is 0 Å². The number of sulfonamides is 1. The molecule has 0 radical (unpaired) electrons. The fourth-order valence-corrected chi connectivity index (χ4v) is 2.84. The summed E-state index contributed by atoms with van der Waals surface area (Å²) in [5.74, 6) is -0.331. The summed E-state index contributed by atoms with van der Waals surface area (Å²) in [4.78, 5) is 12.1. The van der Waals surface area contributed by atoms with Crippen molar-refractivity contribution >= 4 is 21.6 Å². The fraction of sp³-hybridized carbons (Fsp3) is 0.188. The van der Waals surface area contributed by atoms with Crippen LogP contribution in [-0.4, -0.2) is 21.4 Å². The third-order valence-corrected chi connectivity index (χ3v) is 4.52. The predicted octanol–water partition coefficient (Wildman–Crippen LogP) is 2.21. The molecule has 0 saturated carbocycles. The van der Waals surface area contributed by atoms with Crippen molar-refractivity contribution in [3.8, 4) is 5.75 Å². The maximum atomic E-state index is 12.4. The van der Waals surface area contributed by atoms with Crippen LogP contribution < -0.4 is 15.2 Å². The summed E-state index contributed by atoms with van der Waals surface area (Å²) in [5, 5.41) is 7.93. The van der Waals surface area contributed by atoms with Crippen LogP contribution in [0, 0.1) is 13.8 Å². The molecule has 6 nitrogen and oxygen atoms in total. The van der Waals surface area contributed by atoms with Crippen LogP contribution in [0.4, 0.5) is 5.69 Å². The highest BCUT2D eigenvalue weighted by Crippen LogP contribution is 2.25. The molecule has 2 aromatic carbocycles. The lowest BCUT2D eigenvalue weighted by Crippen LogP contribution is -2.17. The molecule has 0 saturated heterocycles. The van der Waals surface area contributed by atoms with E-state index in [0.717, 1.165) is 11.1 Å². The molecule has 2 aromatic rings. The van der Waals surface area contributed by atoms with Crippen molar-refractivity contribution in [1.82, 2.24) is 0 Å². The highest BCUT2D eigenvalue weighted by atomic mass is 32.2. The van der Waals surface area contributed by atoms with Crippen molar-refractivity contribution in [3.63, 3.8) is 0 Å². The van der Waals surface area contributed by atoms with Gasteiger partial charge in [0, 0.05) is 11.3 Å². The molecule has 23 heavy (non-hydrogen) atoms. The predicted molar refractivity (Wildman–Crippen MR) is 88.2 cm³/mol. The molecule has 0 aliphatic rings. The third-order valence-electron chi connectivity index (χ3n) is 3.59. The van der Waals surface area contributed by atoms with Gasteiger partial charge in [0.25, 0.3) is 5.91 Å². The molecule has 3 N–H and O–H groups in total.